The Bertz CT molecular complexity index is 876. The predicted molar refractivity (Wildman–Crippen MR) is 100 cm³/mol. The van der Waals surface area contributed by atoms with E-state index in [-0.39, 0.29) is 17.7 Å². The van der Waals surface area contributed by atoms with Gasteiger partial charge in [-0.05, 0) is 19.1 Å². The van der Waals surface area contributed by atoms with E-state index < -0.39 is 0 Å². The molecule has 2 aromatic rings. The number of amides is 2. The highest BCUT2D eigenvalue weighted by Crippen LogP contribution is 2.27. The van der Waals surface area contributed by atoms with Gasteiger partial charge >= 0.3 is 0 Å². The van der Waals surface area contributed by atoms with Gasteiger partial charge in [-0.15, -0.1) is 0 Å². The average Bonchev–Trinajstić information content (AvgIpc) is 3.30. The smallest absolute Gasteiger partial charge is 0.228 e. The number of benzene rings is 1. The summed E-state index contributed by atoms with van der Waals surface area (Å²) in [5.74, 6) is 1.50. The van der Waals surface area contributed by atoms with Crippen LogP contribution in [0.2, 0.25) is 0 Å². The van der Waals surface area contributed by atoms with Crippen molar-refractivity contribution >= 4 is 11.8 Å². The summed E-state index contributed by atoms with van der Waals surface area (Å²) in [5, 5.41) is 0. The SMILES string of the molecule is CCN1CC(C(=O)N2CCc3nc(-c4cccc(OC)c4)[nH]c3C2)CC1=O. The zero-order chi connectivity index (χ0) is 19.0. The molecule has 2 aliphatic rings. The maximum Gasteiger partial charge on any atom is 0.228 e. The van der Waals surface area contributed by atoms with Crippen LogP contribution in [-0.2, 0) is 22.6 Å². The summed E-state index contributed by atoms with van der Waals surface area (Å²) in [6.07, 6.45) is 1.05. The van der Waals surface area contributed by atoms with Crippen molar-refractivity contribution in [1.82, 2.24) is 19.8 Å². The predicted octanol–water partition coefficient (Wildman–Crippen LogP) is 1.84. The van der Waals surface area contributed by atoms with E-state index in [1.807, 2.05) is 36.1 Å². The number of carbonyl (C=O) groups excluding carboxylic acids is 2. The Kier molecular flexibility index (Phi) is 4.59. The second-order valence-electron chi connectivity index (χ2n) is 7.09. The van der Waals surface area contributed by atoms with Crippen LogP contribution in [0.4, 0.5) is 0 Å². The van der Waals surface area contributed by atoms with Crippen molar-refractivity contribution in [2.24, 2.45) is 5.92 Å². The van der Waals surface area contributed by atoms with Crippen molar-refractivity contribution in [3.05, 3.63) is 35.7 Å². The second kappa shape index (κ2) is 7.06. The molecule has 1 fully saturated rings. The molecule has 142 valence electrons. The van der Waals surface area contributed by atoms with Crippen LogP contribution in [0.5, 0.6) is 5.75 Å². The first-order valence-corrected chi connectivity index (χ1v) is 9.37. The van der Waals surface area contributed by atoms with Gasteiger partial charge in [-0.3, -0.25) is 9.59 Å². The van der Waals surface area contributed by atoms with Crippen LogP contribution in [0.1, 0.15) is 24.7 Å². The Hall–Kier alpha value is -2.83. The van der Waals surface area contributed by atoms with Crippen LogP contribution in [-0.4, -0.2) is 58.3 Å². The Labute approximate surface area is 158 Å². The molecule has 1 N–H and O–H groups in total. The number of carbonyl (C=O) groups is 2. The van der Waals surface area contributed by atoms with Gasteiger partial charge < -0.3 is 19.5 Å². The number of H-pyrrole nitrogens is 1. The lowest BCUT2D eigenvalue weighted by Crippen LogP contribution is -2.40. The molecule has 7 nitrogen and oxygen atoms in total. The average molecular weight is 368 g/mol. The summed E-state index contributed by atoms with van der Waals surface area (Å²) < 4.78 is 5.28. The number of nitrogens with one attached hydrogen (secondary N) is 1. The molecule has 1 atom stereocenters. The summed E-state index contributed by atoms with van der Waals surface area (Å²) in [6.45, 7) is 4.31. The number of aromatic nitrogens is 2. The van der Waals surface area contributed by atoms with Gasteiger partial charge in [0, 0.05) is 38.0 Å². The fraction of sp³-hybridized carbons (Fsp3) is 0.450. The number of likely N-dealkylation sites (tertiary alicyclic amines) is 1. The molecule has 0 bridgehead atoms. The first kappa shape index (κ1) is 17.6. The minimum atomic E-state index is -0.222. The highest BCUT2D eigenvalue weighted by atomic mass is 16.5. The Morgan fingerprint density at radius 3 is 3.00 bits per heavy atom. The van der Waals surface area contributed by atoms with E-state index in [2.05, 4.69) is 4.98 Å². The summed E-state index contributed by atoms with van der Waals surface area (Å²) in [7, 11) is 1.64. The zero-order valence-electron chi connectivity index (χ0n) is 15.7. The van der Waals surface area contributed by atoms with Crippen LogP contribution < -0.4 is 4.74 Å². The maximum absolute atomic E-state index is 12.9. The molecule has 1 saturated heterocycles. The maximum atomic E-state index is 12.9. The van der Waals surface area contributed by atoms with E-state index in [0.29, 0.717) is 32.6 Å². The van der Waals surface area contributed by atoms with Crippen molar-refractivity contribution in [3.63, 3.8) is 0 Å². The fourth-order valence-electron chi connectivity index (χ4n) is 3.89. The molecule has 7 heteroatoms. The van der Waals surface area contributed by atoms with Crippen LogP contribution in [0.3, 0.4) is 0 Å². The molecule has 0 saturated carbocycles. The topological polar surface area (TPSA) is 78.5 Å². The summed E-state index contributed by atoms with van der Waals surface area (Å²) in [5.41, 5.74) is 2.94. The van der Waals surface area contributed by atoms with Gasteiger partial charge in [-0.1, -0.05) is 12.1 Å². The van der Waals surface area contributed by atoms with Crippen molar-refractivity contribution in [1.29, 1.82) is 0 Å². The van der Waals surface area contributed by atoms with E-state index in [1.165, 1.54) is 0 Å². The normalized spacial score (nSPS) is 19.3. The molecule has 2 aliphatic heterocycles. The first-order valence-electron chi connectivity index (χ1n) is 9.37. The zero-order valence-corrected chi connectivity index (χ0v) is 15.7. The lowest BCUT2D eigenvalue weighted by Gasteiger charge is -2.28. The van der Waals surface area contributed by atoms with Gasteiger partial charge in [0.15, 0.2) is 0 Å². The molecular formula is C20H24N4O3. The van der Waals surface area contributed by atoms with E-state index in [1.54, 1.807) is 12.0 Å². The van der Waals surface area contributed by atoms with Gasteiger partial charge in [-0.25, -0.2) is 4.98 Å². The summed E-state index contributed by atoms with van der Waals surface area (Å²) >= 11 is 0. The third kappa shape index (κ3) is 3.29. The Morgan fingerprint density at radius 2 is 2.26 bits per heavy atom. The van der Waals surface area contributed by atoms with Gasteiger partial charge in [0.25, 0.3) is 0 Å². The standard InChI is InChI=1S/C20H24N4O3/c1-3-23-11-14(10-18(23)25)20(26)24-8-7-16-17(12-24)22-19(21-16)13-5-4-6-15(9-13)27-2/h4-6,9,14H,3,7-8,10-12H2,1-2H3,(H,21,22). The van der Waals surface area contributed by atoms with Crippen LogP contribution in [0.15, 0.2) is 24.3 Å². The number of rotatable bonds is 4. The van der Waals surface area contributed by atoms with Crippen molar-refractivity contribution < 1.29 is 14.3 Å². The van der Waals surface area contributed by atoms with Gasteiger partial charge in [0.05, 0.1) is 31.0 Å². The number of fused-ring (bicyclic) bond motifs is 1. The Balaban J connectivity index is 1.49. The van der Waals surface area contributed by atoms with E-state index >= 15 is 0 Å². The van der Waals surface area contributed by atoms with Crippen molar-refractivity contribution in [2.75, 3.05) is 26.7 Å². The number of nitrogens with zero attached hydrogens (tertiary/aromatic N) is 3. The lowest BCUT2D eigenvalue weighted by atomic mass is 10.0. The molecular weight excluding hydrogens is 344 g/mol. The molecule has 1 aromatic carbocycles. The second-order valence-corrected chi connectivity index (χ2v) is 7.09. The third-order valence-electron chi connectivity index (χ3n) is 5.43. The first-order chi connectivity index (χ1) is 13.1. The van der Waals surface area contributed by atoms with E-state index in [9.17, 15) is 9.59 Å². The lowest BCUT2D eigenvalue weighted by molar-refractivity contribution is -0.136. The van der Waals surface area contributed by atoms with Gasteiger partial charge in [-0.2, -0.15) is 0 Å². The molecule has 27 heavy (non-hydrogen) atoms. The Morgan fingerprint density at radius 1 is 1.41 bits per heavy atom. The molecule has 1 aromatic heterocycles. The minimum absolute atomic E-state index is 0.0717. The number of aromatic amines is 1. The molecule has 0 aliphatic carbocycles. The molecule has 4 rings (SSSR count). The van der Waals surface area contributed by atoms with Gasteiger partial charge in [0.1, 0.15) is 11.6 Å². The number of hydrogen-bond donors (Lipinski definition) is 1. The number of methoxy groups -OCH3 is 1. The third-order valence-corrected chi connectivity index (χ3v) is 5.43. The largest absolute Gasteiger partial charge is 0.497 e. The van der Waals surface area contributed by atoms with Crippen molar-refractivity contribution in [3.8, 4) is 17.1 Å². The monoisotopic (exact) mass is 368 g/mol. The molecule has 0 spiro atoms. The fourth-order valence-corrected chi connectivity index (χ4v) is 3.89. The molecule has 1 unspecified atom stereocenters. The van der Waals surface area contributed by atoms with E-state index in [4.69, 9.17) is 9.72 Å². The molecule has 0 radical (unpaired) electrons. The number of imidazole rings is 1. The number of ether oxygens (including phenoxy) is 1. The highest BCUT2D eigenvalue weighted by Gasteiger charge is 2.37. The van der Waals surface area contributed by atoms with Crippen LogP contribution in [0, 0.1) is 5.92 Å². The molecule has 3 heterocycles. The highest BCUT2D eigenvalue weighted by molar-refractivity contribution is 5.89. The van der Waals surface area contributed by atoms with Crippen molar-refractivity contribution in [2.45, 2.75) is 26.3 Å². The molecule has 2 amide bonds. The number of hydrogen-bond acceptors (Lipinski definition) is 4. The summed E-state index contributed by atoms with van der Waals surface area (Å²) in [4.78, 5) is 36.5. The minimum Gasteiger partial charge on any atom is -0.497 e. The summed E-state index contributed by atoms with van der Waals surface area (Å²) in [6, 6.07) is 7.76. The van der Waals surface area contributed by atoms with E-state index in [0.717, 1.165) is 34.9 Å². The van der Waals surface area contributed by atoms with Crippen LogP contribution in [0.25, 0.3) is 11.4 Å². The van der Waals surface area contributed by atoms with Crippen LogP contribution >= 0.6 is 0 Å². The van der Waals surface area contributed by atoms with Gasteiger partial charge in [0.2, 0.25) is 11.8 Å². The quantitative estimate of drug-likeness (QED) is 0.893.